The molecule has 0 bridgehead atoms. The Balaban J connectivity index is 2.32. The Kier molecular flexibility index (Phi) is 3.02. The first kappa shape index (κ1) is 8.68. The Morgan fingerprint density at radius 1 is 1.55 bits per heavy atom. The van der Waals surface area contributed by atoms with Gasteiger partial charge in [0, 0.05) is 32.0 Å². The van der Waals surface area contributed by atoms with Crippen LogP contribution in [0.3, 0.4) is 0 Å². The maximum atomic E-state index is 10.8. The van der Waals surface area contributed by atoms with Crippen LogP contribution in [0.25, 0.3) is 0 Å². The third-order valence-electron chi connectivity index (χ3n) is 2.24. The summed E-state index contributed by atoms with van der Waals surface area (Å²) in [4.78, 5) is 13.0. The second-order valence-corrected chi connectivity index (χ2v) is 3.11. The number of nitrogens with zero attached hydrogens (tertiary/aromatic N) is 1. The van der Waals surface area contributed by atoms with E-state index in [1.54, 1.807) is 0 Å². The number of aliphatic hydroxyl groups is 1. The summed E-state index contributed by atoms with van der Waals surface area (Å²) in [6.07, 6.45) is 1.31. The third-order valence-corrected chi connectivity index (χ3v) is 2.24. The standard InChI is InChI=1S/C8H15NO2/c1-7(6-10)9-4-2-8(11)3-5-9/h7,10H,2-6H2,1H3/t7-/m1/s1. The topological polar surface area (TPSA) is 40.5 Å². The molecule has 1 heterocycles. The van der Waals surface area contributed by atoms with Crippen LogP contribution < -0.4 is 0 Å². The Morgan fingerprint density at radius 3 is 2.55 bits per heavy atom. The lowest BCUT2D eigenvalue weighted by molar-refractivity contribution is -0.122. The smallest absolute Gasteiger partial charge is 0.135 e. The monoisotopic (exact) mass is 157 g/mol. The van der Waals surface area contributed by atoms with Crippen molar-refractivity contribution in [2.24, 2.45) is 0 Å². The molecule has 0 aromatic carbocycles. The van der Waals surface area contributed by atoms with E-state index in [2.05, 4.69) is 4.90 Å². The maximum absolute atomic E-state index is 10.8. The second kappa shape index (κ2) is 3.83. The fourth-order valence-corrected chi connectivity index (χ4v) is 1.33. The summed E-state index contributed by atoms with van der Waals surface area (Å²) >= 11 is 0. The molecular formula is C8H15NO2. The van der Waals surface area contributed by atoms with Gasteiger partial charge in [-0.15, -0.1) is 0 Å². The number of hydrogen-bond donors (Lipinski definition) is 1. The highest BCUT2D eigenvalue weighted by atomic mass is 16.3. The number of likely N-dealkylation sites (tertiary alicyclic amines) is 1. The summed E-state index contributed by atoms with van der Waals surface area (Å²) in [7, 11) is 0. The molecule has 1 rings (SSSR count). The van der Waals surface area contributed by atoms with Crippen LogP contribution in [-0.4, -0.2) is 41.5 Å². The van der Waals surface area contributed by atoms with Crippen molar-refractivity contribution in [2.45, 2.75) is 25.8 Å². The number of piperidine rings is 1. The minimum absolute atomic E-state index is 0.189. The molecule has 11 heavy (non-hydrogen) atoms. The van der Waals surface area contributed by atoms with Gasteiger partial charge in [0.15, 0.2) is 0 Å². The molecule has 1 atom stereocenters. The van der Waals surface area contributed by atoms with Crippen molar-refractivity contribution < 1.29 is 9.90 Å². The summed E-state index contributed by atoms with van der Waals surface area (Å²) in [6, 6.07) is 0.211. The lowest BCUT2D eigenvalue weighted by Crippen LogP contribution is -2.41. The lowest BCUT2D eigenvalue weighted by Gasteiger charge is -2.30. The van der Waals surface area contributed by atoms with Crippen molar-refractivity contribution in [1.29, 1.82) is 0 Å². The van der Waals surface area contributed by atoms with Gasteiger partial charge in [0.25, 0.3) is 0 Å². The van der Waals surface area contributed by atoms with Crippen molar-refractivity contribution in [3.63, 3.8) is 0 Å². The van der Waals surface area contributed by atoms with Gasteiger partial charge >= 0.3 is 0 Å². The Hall–Kier alpha value is -0.410. The number of hydrogen-bond acceptors (Lipinski definition) is 3. The first-order chi connectivity index (χ1) is 5.24. The number of rotatable bonds is 2. The molecule has 1 fully saturated rings. The molecule has 0 saturated carbocycles. The van der Waals surface area contributed by atoms with Crippen LogP contribution in [0.2, 0.25) is 0 Å². The zero-order chi connectivity index (χ0) is 8.27. The average Bonchev–Trinajstić information content (AvgIpc) is 2.05. The van der Waals surface area contributed by atoms with Crippen molar-refractivity contribution in [1.82, 2.24) is 4.90 Å². The second-order valence-electron chi connectivity index (χ2n) is 3.11. The fraction of sp³-hybridized carbons (Fsp3) is 0.875. The summed E-state index contributed by atoms with van der Waals surface area (Å²) in [6.45, 7) is 3.81. The van der Waals surface area contributed by atoms with E-state index in [0.29, 0.717) is 18.6 Å². The summed E-state index contributed by atoms with van der Waals surface area (Å²) < 4.78 is 0. The number of carbonyl (C=O) groups excluding carboxylic acids is 1. The van der Waals surface area contributed by atoms with Gasteiger partial charge in [0.2, 0.25) is 0 Å². The minimum atomic E-state index is 0.189. The predicted molar refractivity (Wildman–Crippen MR) is 42.4 cm³/mol. The molecule has 0 spiro atoms. The van der Waals surface area contributed by atoms with Gasteiger partial charge in [0.1, 0.15) is 5.78 Å². The van der Waals surface area contributed by atoms with Gasteiger partial charge in [0.05, 0.1) is 6.61 Å². The van der Waals surface area contributed by atoms with Crippen molar-refractivity contribution in [3.05, 3.63) is 0 Å². The largest absolute Gasteiger partial charge is 0.395 e. The van der Waals surface area contributed by atoms with E-state index in [4.69, 9.17) is 5.11 Å². The summed E-state index contributed by atoms with van der Waals surface area (Å²) in [5, 5.41) is 8.83. The Bertz CT molecular complexity index is 137. The quantitative estimate of drug-likeness (QED) is 0.615. The molecular weight excluding hydrogens is 142 g/mol. The van der Waals surface area contributed by atoms with Gasteiger partial charge in [-0.05, 0) is 6.92 Å². The van der Waals surface area contributed by atoms with Crippen molar-refractivity contribution in [3.8, 4) is 0 Å². The van der Waals surface area contributed by atoms with Gasteiger partial charge < -0.3 is 5.11 Å². The van der Waals surface area contributed by atoms with Gasteiger partial charge in [-0.2, -0.15) is 0 Å². The highest BCUT2D eigenvalue weighted by molar-refractivity contribution is 5.79. The zero-order valence-electron chi connectivity index (χ0n) is 6.92. The molecule has 1 aliphatic heterocycles. The van der Waals surface area contributed by atoms with E-state index >= 15 is 0 Å². The molecule has 64 valence electrons. The molecule has 1 saturated heterocycles. The molecule has 0 radical (unpaired) electrons. The number of carbonyl (C=O) groups is 1. The first-order valence-corrected chi connectivity index (χ1v) is 4.10. The number of aliphatic hydroxyl groups excluding tert-OH is 1. The number of ketones is 1. The van der Waals surface area contributed by atoms with Crippen molar-refractivity contribution in [2.75, 3.05) is 19.7 Å². The van der Waals surface area contributed by atoms with Crippen molar-refractivity contribution >= 4 is 5.78 Å². The van der Waals surface area contributed by atoms with E-state index in [9.17, 15) is 4.79 Å². The summed E-state index contributed by atoms with van der Waals surface area (Å²) in [5.41, 5.74) is 0. The molecule has 0 aliphatic carbocycles. The van der Waals surface area contributed by atoms with Gasteiger partial charge in [-0.1, -0.05) is 0 Å². The van der Waals surface area contributed by atoms with E-state index in [0.717, 1.165) is 13.1 Å². The maximum Gasteiger partial charge on any atom is 0.135 e. The van der Waals surface area contributed by atoms with E-state index < -0.39 is 0 Å². The highest BCUT2D eigenvalue weighted by Crippen LogP contribution is 2.08. The minimum Gasteiger partial charge on any atom is -0.395 e. The molecule has 0 unspecified atom stereocenters. The summed E-state index contributed by atoms with van der Waals surface area (Å²) in [5.74, 6) is 0.353. The molecule has 1 N–H and O–H groups in total. The molecule has 0 aromatic rings. The van der Waals surface area contributed by atoms with Crippen LogP contribution in [0.15, 0.2) is 0 Å². The average molecular weight is 157 g/mol. The van der Waals surface area contributed by atoms with Crippen LogP contribution in [0.5, 0.6) is 0 Å². The van der Waals surface area contributed by atoms with Gasteiger partial charge in [-0.3, -0.25) is 9.69 Å². The Morgan fingerprint density at radius 2 is 2.09 bits per heavy atom. The highest BCUT2D eigenvalue weighted by Gasteiger charge is 2.19. The normalized spacial score (nSPS) is 23.6. The van der Waals surface area contributed by atoms with Crippen LogP contribution in [0, 0.1) is 0 Å². The van der Waals surface area contributed by atoms with E-state index in [-0.39, 0.29) is 12.6 Å². The van der Waals surface area contributed by atoms with E-state index in [1.807, 2.05) is 6.92 Å². The predicted octanol–water partition coefficient (Wildman–Crippen LogP) is 0.0321. The molecule has 0 amide bonds. The van der Waals surface area contributed by atoms with Gasteiger partial charge in [-0.25, -0.2) is 0 Å². The molecule has 1 aliphatic rings. The molecule has 0 aromatic heterocycles. The lowest BCUT2D eigenvalue weighted by atomic mass is 10.1. The third kappa shape index (κ3) is 2.27. The number of Topliss-reactive ketones (excluding diaryl/α,β-unsaturated/α-hetero) is 1. The van der Waals surface area contributed by atoms with Crippen LogP contribution in [-0.2, 0) is 4.79 Å². The molecule has 3 heteroatoms. The van der Waals surface area contributed by atoms with E-state index in [1.165, 1.54) is 0 Å². The SMILES string of the molecule is C[C@H](CO)N1CCC(=O)CC1. The fourth-order valence-electron chi connectivity index (χ4n) is 1.33. The molecule has 3 nitrogen and oxygen atoms in total. The van der Waals surface area contributed by atoms with Crippen LogP contribution in [0.4, 0.5) is 0 Å². The zero-order valence-corrected chi connectivity index (χ0v) is 6.92. The van der Waals surface area contributed by atoms with Crippen LogP contribution >= 0.6 is 0 Å². The van der Waals surface area contributed by atoms with Crippen LogP contribution in [0.1, 0.15) is 19.8 Å². The Labute approximate surface area is 67.0 Å². The first-order valence-electron chi connectivity index (χ1n) is 4.10.